The number of thiophene rings is 1. The van der Waals surface area contributed by atoms with Crippen molar-refractivity contribution in [2.45, 2.75) is 26.4 Å². The molecule has 1 aromatic carbocycles. The highest BCUT2D eigenvalue weighted by Gasteiger charge is 2.27. The molecule has 0 radical (unpaired) electrons. The Kier molecular flexibility index (Phi) is 4.61. The van der Waals surface area contributed by atoms with Crippen molar-refractivity contribution >= 4 is 17.2 Å². The van der Waals surface area contributed by atoms with Gasteiger partial charge in [0, 0.05) is 34.3 Å². The Hall–Kier alpha value is -2.80. The highest BCUT2D eigenvalue weighted by molar-refractivity contribution is 7.15. The molecule has 4 rings (SSSR count). The molecule has 0 bridgehead atoms. The normalized spacial score (nSPS) is 15.0. The van der Waals surface area contributed by atoms with Gasteiger partial charge in [-0.15, -0.1) is 11.3 Å². The number of phenolic OH excluding ortho intramolecular Hbond substituents is 1. The molecular formula is C20H21N3O3S. The second-order valence-electron chi connectivity index (χ2n) is 6.66. The minimum absolute atomic E-state index is 0.0213. The van der Waals surface area contributed by atoms with Crippen LogP contribution in [0.4, 0.5) is 0 Å². The first-order chi connectivity index (χ1) is 13.0. The number of hydrogen-bond acceptors (Lipinski definition) is 5. The molecule has 1 aliphatic heterocycles. The fraction of sp³-hybridized carbons (Fsp3) is 0.300. The molecule has 0 spiro atoms. The first-order valence-corrected chi connectivity index (χ1v) is 9.68. The molecule has 2 aromatic heterocycles. The van der Waals surface area contributed by atoms with Crippen molar-refractivity contribution < 1.29 is 14.6 Å². The van der Waals surface area contributed by atoms with E-state index >= 15 is 0 Å². The number of hydrogen-bond donors (Lipinski definition) is 1. The third kappa shape index (κ3) is 3.42. The Morgan fingerprint density at radius 1 is 1.37 bits per heavy atom. The first-order valence-electron chi connectivity index (χ1n) is 8.86. The number of benzene rings is 1. The number of carbonyl (C=O) groups excluding carboxylic acids is 1. The number of fused-ring (bicyclic) bond motifs is 1. The van der Waals surface area contributed by atoms with Gasteiger partial charge in [-0.25, -0.2) is 0 Å². The second kappa shape index (κ2) is 7.08. The van der Waals surface area contributed by atoms with Gasteiger partial charge < -0.3 is 14.7 Å². The molecular weight excluding hydrogens is 362 g/mol. The standard InChI is InChI=1S/C20H21N3O3S/c1-13-4-5-18(27-13)15-10-16-12-22(8-9-26-19(16)17(24)11-15)20(25)14(2)23-7-3-6-21-23/h3-7,10-11,14,24H,8-9,12H2,1-2H3/t14-/m0/s1. The van der Waals surface area contributed by atoms with E-state index in [0.717, 1.165) is 16.0 Å². The molecule has 0 fully saturated rings. The van der Waals surface area contributed by atoms with Crippen LogP contribution in [0.15, 0.2) is 42.7 Å². The van der Waals surface area contributed by atoms with Crippen molar-refractivity contribution in [2.75, 3.05) is 13.2 Å². The summed E-state index contributed by atoms with van der Waals surface area (Å²) in [4.78, 5) is 17.0. The summed E-state index contributed by atoms with van der Waals surface area (Å²) in [6, 6.07) is 9.25. The molecule has 0 aliphatic carbocycles. The molecule has 1 aliphatic rings. The van der Waals surface area contributed by atoms with E-state index in [-0.39, 0.29) is 11.7 Å². The lowest BCUT2D eigenvalue weighted by Gasteiger charge is -2.24. The zero-order valence-corrected chi connectivity index (χ0v) is 16.1. The zero-order chi connectivity index (χ0) is 19.0. The molecule has 140 valence electrons. The number of phenols is 1. The summed E-state index contributed by atoms with van der Waals surface area (Å²) in [5.41, 5.74) is 1.75. The predicted octanol–water partition coefficient (Wildman–Crippen LogP) is 3.61. The lowest BCUT2D eigenvalue weighted by atomic mass is 10.1. The van der Waals surface area contributed by atoms with Gasteiger partial charge in [0.2, 0.25) is 5.91 Å². The summed E-state index contributed by atoms with van der Waals surface area (Å²) in [5.74, 6) is 0.559. The van der Waals surface area contributed by atoms with Crippen LogP contribution in [0.25, 0.3) is 10.4 Å². The van der Waals surface area contributed by atoms with Gasteiger partial charge in [0.1, 0.15) is 12.6 Å². The molecule has 6 nitrogen and oxygen atoms in total. The SMILES string of the molecule is Cc1ccc(-c2cc(O)c3c(c2)CN(C(=O)[C@H](C)n2cccn2)CCO3)s1. The predicted molar refractivity (Wildman–Crippen MR) is 104 cm³/mol. The number of aromatic nitrogens is 2. The number of aromatic hydroxyl groups is 1. The molecule has 27 heavy (non-hydrogen) atoms. The Balaban J connectivity index is 1.64. The summed E-state index contributed by atoms with van der Waals surface area (Å²) in [6.07, 6.45) is 3.45. The van der Waals surface area contributed by atoms with E-state index < -0.39 is 6.04 Å². The Morgan fingerprint density at radius 3 is 2.93 bits per heavy atom. The van der Waals surface area contributed by atoms with Crippen LogP contribution < -0.4 is 4.74 Å². The van der Waals surface area contributed by atoms with Crippen LogP contribution in [-0.2, 0) is 11.3 Å². The molecule has 1 amide bonds. The largest absolute Gasteiger partial charge is 0.504 e. The van der Waals surface area contributed by atoms with Gasteiger partial charge in [0.25, 0.3) is 0 Å². The van der Waals surface area contributed by atoms with Crippen LogP contribution >= 0.6 is 11.3 Å². The number of carbonyl (C=O) groups is 1. The van der Waals surface area contributed by atoms with E-state index in [1.165, 1.54) is 4.88 Å². The Bertz CT molecular complexity index is 965. The van der Waals surface area contributed by atoms with Crippen LogP contribution in [-0.4, -0.2) is 38.8 Å². The Morgan fingerprint density at radius 2 is 2.22 bits per heavy atom. The minimum atomic E-state index is -0.390. The van der Waals surface area contributed by atoms with Gasteiger partial charge >= 0.3 is 0 Å². The van der Waals surface area contributed by atoms with Gasteiger partial charge in [0.05, 0.1) is 6.54 Å². The molecule has 3 aromatic rings. The van der Waals surface area contributed by atoms with Gasteiger partial charge in [0.15, 0.2) is 11.5 Å². The number of nitrogens with zero attached hydrogens (tertiary/aromatic N) is 3. The van der Waals surface area contributed by atoms with E-state index in [9.17, 15) is 9.90 Å². The van der Waals surface area contributed by atoms with E-state index in [0.29, 0.717) is 25.4 Å². The Labute approximate surface area is 161 Å². The number of aryl methyl sites for hydroxylation is 1. The van der Waals surface area contributed by atoms with Crippen LogP contribution in [0, 0.1) is 6.92 Å². The third-order valence-corrected chi connectivity index (χ3v) is 5.78. The lowest BCUT2D eigenvalue weighted by molar-refractivity contribution is -0.135. The van der Waals surface area contributed by atoms with E-state index in [4.69, 9.17) is 4.74 Å². The average Bonchev–Trinajstić information content (AvgIpc) is 3.28. The summed E-state index contributed by atoms with van der Waals surface area (Å²) in [7, 11) is 0. The first kappa shape index (κ1) is 17.6. The van der Waals surface area contributed by atoms with E-state index in [1.54, 1.807) is 45.4 Å². The average molecular weight is 383 g/mol. The number of ether oxygens (including phenoxy) is 1. The summed E-state index contributed by atoms with van der Waals surface area (Å²) < 4.78 is 7.41. The molecule has 0 unspecified atom stereocenters. The molecule has 7 heteroatoms. The monoisotopic (exact) mass is 383 g/mol. The van der Waals surface area contributed by atoms with Crippen molar-refractivity contribution in [1.29, 1.82) is 0 Å². The summed E-state index contributed by atoms with van der Waals surface area (Å²) in [5, 5.41) is 14.6. The van der Waals surface area contributed by atoms with Crippen LogP contribution in [0.1, 0.15) is 23.4 Å². The van der Waals surface area contributed by atoms with E-state index in [1.807, 2.05) is 19.1 Å². The second-order valence-corrected chi connectivity index (χ2v) is 7.95. The smallest absolute Gasteiger partial charge is 0.247 e. The summed E-state index contributed by atoms with van der Waals surface area (Å²) >= 11 is 1.67. The topological polar surface area (TPSA) is 67.6 Å². The maximum atomic E-state index is 13.0. The molecule has 0 saturated carbocycles. The van der Waals surface area contributed by atoms with Crippen LogP contribution in [0.5, 0.6) is 11.5 Å². The zero-order valence-electron chi connectivity index (χ0n) is 15.3. The van der Waals surface area contributed by atoms with Crippen molar-refractivity contribution in [2.24, 2.45) is 0 Å². The van der Waals surface area contributed by atoms with Crippen molar-refractivity contribution in [3.63, 3.8) is 0 Å². The fourth-order valence-corrected chi connectivity index (χ4v) is 4.16. The summed E-state index contributed by atoms with van der Waals surface area (Å²) in [6.45, 7) is 5.09. The number of amides is 1. The van der Waals surface area contributed by atoms with Crippen molar-refractivity contribution in [3.8, 4) is 21.9 Å². The maximum Gasteiger partial charge on any atom is 0.247 e. The maximum absolute atomic E-state index is 13.0. The van der Waals surface area contributed by atoms with Gasteiger partial charge in [-0.2, -0.15) is 5.10 Å². The van der Waals surface area contributed by atoms with Crippen LogP contribution in [0.3, 0.4) is 0 Å². The molecule has 1 N–H and O–H groups in total. The highest BCUT2D eigenvalue weighted by atomic mass is 32.1. The van der Waals surface area contributed by atoms with Crippen LogP contribution in [0.2, 0.25) is 0 Å². The van der Waals surface area contributed by atoms with Crippen molar-refractivity contribution in [1.82, 2.24) is 14.7 Å². The minimum Gasteiger partial charge on any atom is -0.504 e. The fourth-order valence-electron chi connectivity index (χ4n) is 3.31. The lowest BCUT2D eigenvalue weighted by Crippen LogP contribution is -2.37. The molecule has 3 heterocycles. The molecule has 1 atom stereocenters. The quantitative estimate of drug-likeness (QED) is 0.750. The van der Waals surface area contributed by atoms with Gasteiger partial charge in [-0.1, -0.05) is 0 Å². The van der Waals surface area contributed by atoms with Gasteiger partial charge in [-0.3, -0.25) is 9.48 Å². The van der Waals surface area contributed by atoms with Crippen molar-refractivity contribution in [3.05, 3.63) is 53.2 Å². The molecule has 0 saturated heterocycles. The van der Waals surface area contributed by atoms with Gasteiger partial charge in [-0.05, 0) is 49.7 Å². The highest BCUT2D eigenvalue weighted by Crippen LogP contribution is 2.39. The van der Waals surface area contributed by atoms with E-state index in [2.05, 4.69) is 18.1 Å². The number of rotatable bonds is 3. The third-order valence-electron chi connectivity index (χ3n) is 4.73.